The van der Waals surface area contributed by atoms with Crippen molar-refractivity contribution in [3.63, 3.8) is 0 Å². The van der Waals surface area contributed by atoms with E-state index in [9.17, 15) is 4.89 Å². The van der Waals surface area contributed by atoms with Crippen molar-refractivity contribution in [3.05, 3.63) is 89.5 Å². The van der Waals surface area contributed by atoms with Crippen molar-refractivity contribution in [2.45, 2.75) is 44.5 Å². The molecule has 3 aromatic rings. The molecule has 0 aliphatic rings. The van der Waals surface area contributed by atoms with E-state index in [1.165, 1.54) is 0 Å². The van der Waals surface area contributed by atoms with E-state index >= 15 is 0 Å². The summed E-state index contributed by atoms with van der Waals surface area (Å²) in [6, 6.07) is 25.0. The minimum absolute atomic E-state index is 0.191. The molecule has 206 valence electrons. The number of hydrogen-bond acceptors (Lipinski definition) is 7. The Morgan fingerprint density at radius 1 is 0.684 bits per heavy atom. The van der Waals surface area contributed by atoms with Gasteiger partial charge in [0, 0.05) is 17.8 Å². The van der Waals surface area contributed by atoms with Crippen LogP contribution in [0.25, 0.3) is 0 Å². The maximum Gasteiger partial charge on any atom is 0.256 e. The van der Waals surface area contributed by atoms with Crippen LogP contribution in [0.3, 0.4) is 0 Å². The lowest BCUT2D eigenvalue weighted by molar-refractivity contribution is 0.220. The van der Waals surface area contributed by atoms with Gasteiger partial charge in [-0.15, -0.1) is 11.8 Å². The summed E-state index contributed by atoms with van der Waals surface area (Å²) in [5.74, 6) is 3.06. The van der Waals surface area contributed by atoms with Gasteiger partial charge in [0.15, 0.2) is 0 Å². The standard InChI is InChI=1S/C30H40NO5PS/c1-22(2)31(23(3)4)37(32)36-20-21-38-30(24-8-14-27(33-5)15-9-24,25-10-16-28(34-6)17-11-25)26-12-18-29(35-7)19-13-26/h8-19,22-23,32H,20-21H2,1-7H3. The lowest BCUT2D eigenvalue weighted by Crippen LogP contribution is -2.33. The van der Waals surface area contributed by atoms with Gasteiger partial charge in [0.2, 0.25) is 0 Å². The third-order valence-electron chi connectivity index (χ3n) is 6.35. The van der Waals surface area contributed by atoms with Gasteiger partial charge in [-0.2, -0.15) is 0 Å². The number of benzene rings is 3. The first kappa shape index (κ1) is 30.3. The third kappa shape index (κ3) is 7.02. The van der Waals surface area contributed by atoms with Crippen LogP contribution in [0.15, 0.2) is 72.8 Å². The van der Waals surface area contributed by atoms with Crippen molar-refractivity contribution >= 4 is 20.3 Å². The summed E-state index contributed by atoms with van der Waals surface area (Å²) in [5, 5.41) is 0. The molecule has 0 aliphatic heterocycles. The SMILES string of the molecule is COc1ccc(C(SCCOP(O)N(C(C)C)C(C)C)(c2ccc(OC)cc2)c2ccc(OC)cc2)cc1. The van der Waals surface area contributed by atoms with E-state index in [-0.39, 0.29) is 12.1 Å². The fourth-order valence-corrected chi connectivity index (χ4v) is 7.28. The molecule has 3 aromatic carbocycles. The summed E-state index contributed by atoms with van der Waals surface area (Å²) in [7, 11) is 3.34. The average Bonchev–Trinajstić information content (AvgIpc) is 2.93. The highest BCUT2D eigenvalue weighted by molar-refractivity contribution is 8.00. The number of ether oxygens (including phenoxy) is 3. The molecule has 0 radical (unpaired) electrons. The minimum atomic E-state index is -1.68. The van der Waals surface area contributed by atoms with Gasteiger partial charge >= 0.3 is 0 Å². The molecule has 0 heterocycles. The van der Waals surface area contributed by atoms with Crippen LogP contribution in [0.1, 0.15) is 44.4 Å². The topological polar surface area (TPSA) is 60.4 Å². The van der Waals surface area contributed by atoms with Crippen LogP contribution in [0.2, 0.25) is 0 Å². The Kier molecular flexibility index (Phi) is 11.3. The summed E-state index contributed by atoms with van der Waals surface area (Å²) in [6.07, 6.45) is 0. The van der Waals surface area contributed by atoms with Crippen LogP contribution in [0, 0.1) is 0 Å². The average molecular weight is 558 g/mol. The Balaban J connectivity index is 2.02. The molecule has 6 nitrogen and oxygen atoms in total. The molecule has 3 rings (SSSR count). The fraction of sp³-hybridized carbons (Fsp3) is 0.400. The summed E-state index contributed by atoms with van der Waals surface area (Å²) in [5.41, 5.74) is 3.32. The largest absolute Gasteiger partial charge is 0.497 e. The highest BCUT2D eigenvalue weighted by Crippen LogP contribution is 2.50. The second-order valence-corrected chi connectivity index (χ2v) is 11.9. The van der Waals surface area contributed by atoms with Gasteiger partial charge in [-0.25, -0.2) is 4.67 Å². The molecular weight excluding hydrogens is 517 g/mol. The first-order valence-electron chi connectivity index (χ1n) is 12.7. The lowest BCUT2D eigenvalue weighted by atomic mass is 9.84. The summed E-state index contributed by atoms with van der Waals surface area (Å²) >= 11 is 1.77. The van der Waals surface area contributed by atoms with E-state index in [2.05, 4.69) is 64.1 Å². The summed E-state index contributed by atoms with van der Waals surface area (Å²) < 4.78 is 23.8. The molecule has 0 aromatic heterocycles. The number of rotatable bonds is 14. The van der Waals surface area contributed by atoms with Gasteiger partial charge < -0.3 is 23.6 Å². The molecule has 0 saturated heterocycles. The first-order chi connectivity index (χ1) is 18.3. The van der Waals surface area contributed by atoms with Gasteiger partial charge in [-0.1, -0.05) is 36.4 Å². The molecular formula is C30H40NO5PS. The van der Waals surface area contributed by atoms with Gasteiger partial charge in [0.25, 0.3) is 8.53 Å². The van der Waals surface area contributed by atoms with Crippen LogP contribution < -0.4 is 14.2 Å². The predicted molar refractivity (Wildman–Crippen MR) is 159 cm³/mol. The van der Waals surface area contributed by atoms with Crippen molar-refractivity contribution in [2.24, 2.45) is 0 Å². The molecule has 1 unspecified atom stereocenters. The van der Waals surface area contributed by atoms with Crippen LogP contribution >= 0.6 is 20.3 Å². The van der Waals surface area contributed by atoms with Crippen molar-refractivity contribution in [3.8, 4) is 17.2 Å². The Labute approximate surface area is 233 Å². The Morgan fingerprint density at radius 2 is 1.03 bits per heavy atom. The van der Waals surface area contributed by atoms with Gasteiger partial charge in [0.05, 0.1) is 32.7 Å². The zero-order valence-corrected chi connectivity index (χ0v) is 25.1. The van der Waals surface area contributed by atoms with E-state index in [0.717, 1.165) is 33.9 Å². The van der Waals surface area contributed by atoms with Crippen LogP contribution in [-0.4, -0.2) is 55.3 Å². The Hall–Kier alpha value is -2.28. The number of hydrogen-bond donors (Lipinski definition) is 1. The van der Waals surface area contributed by atoms with E-state index in [0.29, 0.717) is 12.4 Å². The fourth-order valence-electron chi connectivity index (χ4n) is 4.60. The second-order valence-electron chi connectivity index (χ2n) is 9.37. The lowest BCUT2D eigenvalue weighted by Gasteiger charge is -2.36. The number of methoxy groups -OCH3 is 3. The van der Waals surface area contributed by atoms with Crippen molar-refractivity contribution in [2.75, 3.05) is 33.7 Å². The van der Waals surface area contributed by atoms with Crippen molar-refractivity contribution in [1.29, 1.82) is 0 Å². The van der Waals surface area contributed by atoms with Crippen LogP contribution in [-0.2, 0) is 9.27 Å². The molecule has 1 atom stereocenters. The molecule has 0 amide bonds. The molecule has 0 spiro atoms. The highest BCUT2D eigenvalue weighted by Gasteiger charge is 2.37. The summed E-state index contributed by atoms with van der Waals surface area (Å²) in [6.45, 7) is 8.71. The van der Waals surface area contributed by atoms with Gasteiger partial charge in [-0.3, -0.25) is 0 Å². The maximum atomic E-state index is 10.8. The normalized spacial score (nSPS) is 12.7. The second kappa shape index (κ2) is 14.2. The van der Waals surface area contributed by atoms with Gasteiger partial charge in [-0.05, 0) is 80.8 Å². The molecule has 38 heavy (non-hydrogen) atoms. The Bertz CT molecular complexity index is 983. The highest BCUT2D eigenvalue weighted by atomic mass is 32.2. The number of thioether (sulfide) groups is 1. The zero-order valence-electron chi connectivity index (χ0n) is 23.4. The zero-order chi connectivity index (χ0) is 27.7. The van der Waals surface area contributed by atoms with Crippen LogP contribution in [0.4, 0.5) is 0 Å². The monoisotopic (exact) mass is 557 g/mol. The van der Waals surface area contributed by atoms with Crippen molar-refractivity contribution in [1.82, 2.24) is 4.67 Å². The van der Waals surface area contributed by atoms with E-state index in [1.807, 2.05) is 41.1 Å². The molecule has 0 aliphatic carbocycles. The maximum absolute atomic E-state index is 10.8. The predicted octanol–water partition coefficient (Wildman–Crippen LogP) is 7.09. The number of nitrogens with zero attached hydrogens (tertiary/aromatic N) is 1. The van der Waals surface area contributed by atoms with E-state index in [4.69, 9.17) is 18.7 Å². The van der Waals surface area contributed by atoms with Crippen LogP contribution in [0.5, 0.6) is 17.2 Å². The molecule has 0 fully saturated rings. The third-order valence-corrected chi connectivity index (χ3v) is 9.60. The van der Waals surface area contributed by atoms with Crippen molar-refractivity contribution < 1.29 is 23.6 Å². The minimum Gasteiger partial charge on any atom is -0.497 e. The quantitative estimate of drug-likeness (QED) is 0.129. The first-order valence-corrected chi connectivity index (χ1v) is 14.9. The van der Waals surface area contributed by atoms with Gasteiger partial charge in [0.1, 0.15) is 17.2 Å². The van der Waals surface area contributed by atoms with E-state index in [1.54, 1.807) is 33.1 Å². The molecule has 1 N–H and O–H groups in total. The molecule has 0 saturated carbocycles. The van der Waals surface area contributed by atoms with E-state index < -0.39 is 13.3 Å². The summed E-state index contributed by atoms with van der Waals surface area (Å²) in [4.78, 5) is 10.8. The Morgan fingerprint density at radius 3 is 1.32 bits per heavy atom. The smallest absolute Gasteiger partial charge is 0.256 e. The molecule has 8 heteroatoms. The molecule has 0 bridgehead atoms.